The third-order valence-electron chi connectivity index (χ3n) is 4.02. The second-order valence-corrected chi connectivity index (χ2v) is 7.73. The summed E-state index contributed by atoms with van der Waals surface area (Å²) in [7, 11) is 0. The van der Waals surface area contributed by atoms with Gasteiger partial charge in [0.05, 0.1) is 6.04 Å². The highest BCUT2D eigenvalue weighted by molar-refractivity contribution is 7.98. The minimum absolute atomic E-state index is 0.320. The molecule has 1 aliphatic rings. The molecule has 1 heterocycles. The zero-order valence-corrected chi connectivity index (χ0v) is 15.8. The minimum Gasteiger partial charge on any atom is -0.480 e. The van der Waals surface area contributed by atoms with Crippen LogP contribution in [-0.2, 0) is 14.4 Å². The van der Waals surface area contributed by atoms with Gasteiger partial charge in [-0.25, -0.2) is 4.79 Å². The summed E-state index contributed by atoms with van der Waals surface area (Å²) in [5, 5.41) is 12.0. The first-order valence-electron chi connectivity index (χ1n) is 7.99. The van der Waals surface area contributed by atoms with Gasteiger partial charge in [-0.3, -0.25) is 9.59 Å². The molecule has 0 aliphatic carbocycles. The van der Waals surface area contributed by atoms with E-state index in [1.165, 1.54) is 4.90 Å². The first-order chi connectivity index (χ1) is 11.4. The maximum atomic E-state index is 12.7. The lowest BCUT2D eigenvalue weighted by Crippen LogP contribution is -2.54. The van der Waals surface area contributed by atoms with Crippen LogP contribution in [0.25, 0.3) is 0 Å². The Morgan fingerprint density at radius 3 is 2.46 bits per heavy atom. The van der Waals surface area contributed by atoms with Crippen LogP contribution in [0.3, 0.4) is 0 Å². The zero-order chi connectivity index (χ0) is 18.1. The van der Waals surface area contributed by atoms with E-state index in [9.17, 15) is 19.5 Å². The fourth-order valence-corrected chi connectivity index (χ4v) is 3.60. The average Bonchev–Trinajstić information content (AvgIpc) is 3.05. The Kier molecular flexibility index (Phi) is 9.53. The predicted octanol–water partition coefficient (Wildman–Crippen LogP) is 0.380. The number of carbonyl (C=O) groups excluding carboxylic acids is 2. The van der Waals surface area contributed by atoms with Crippen molar-refractivity contribution in [2.45, 2.75) is 43.8 Å². The molecule has 24 heavy (non-hydrogen) atoms. The zero-order valence-electron chi connectivity index (χ0n) is 14.2. The quantitative estimate of drug-likeness (QED) is 0.504. The van der Waals surface area contributed by atoms with Crippen LogP contribution in [-0.4, -0.2) is 76.5 Å². The van der Waals surface area contributed by atoms with E-state index < -0.39 is 24.1 Å². The first kappa shape index (κ1) is 21.1. The number of nitrogens with two attached hydrogens (primary N) is 1. The molecular weight excluding hydrogens is 350 g/mol. The van der Waals surface area contributed by atoms with E-state index in [1.54, 1.807) is 23.5 Å². The topological polar surface area (TPSA) is 113 Å². The van der Waals surface area contributed by atoms with Gasteiger partial charge in [0.1, 0.15) is 12.1 Å². The highest BCUT2D eigenvalue weighted by atomic mass is 32.2. The molecule has 0 saturated carbocycles. The van der Waals surface area contributed by atoms with Crippen LogP contribution < -0.4 is 11.1 Å². The van der Waals surface area contributed by atoms with Crippen molar-refractivity contribution in [2.24, 2.45) is 5.73 Å². The van der Waals surface area contributed by atoms with Gasteiger partial charge in [-0.05, 0) is 49.7 Å². The van der Waals surface area contributed by atoms with Gasteiger partial charge in [-0.15, -0.1) is 0 Å². The number of carboxylic acid groups (broad SMARTS) is 1. The Balaban J connectivity index is 2.74. The number of hydrogen-bond acceptors (Lipinski definition) is 6. The Morgan fingerprint density at radius 2 is 1.88 bits per heavy atom. The third-order valence-corrected chi connectivity index (χ3v) is 5.30. The summed E-state index contributed by atoms with van der Waals surface area (Å²) < 4.78 is 0. The molecule has 0 aromatic carbocycles. The summed E-state index contributed by atoms with van der Waals surface area (Å²) in [6.45, 7) is 0.417. The van der Waals surface area contributed by atoms with Crippen molar-refractivity contribution in [2.75, 3.05) is 30.6 Å². The number of rotatable bonds is 10. The van der Waals surface area contributed by atoms with Gasteiger partial charge < -0.3 is 21.1 Å². The number of nitrogens with zero attached hydrogens (tertiary/aromatic N) is 1. The molecule has 1 aliphatic heterocycles. The van der Waals surface area contributed by atoms with Crippen LogP contribution in [0.2, 0.25) is 0 Å². The number of aliphatic carboxylic acids is 1. The van der Waals surface area contributed by atoms with Crippen molar-refractivity contribution < 1.29 is 19.5 Å². The van der Waals surface area contributed by atoms with Crippen LogP contribution in [0.1, 0.15) is 25.7 Å². The van der Waals surface area contributed by atoms with Crippen molar-refractivity contribution in [3.8, 4) is 0 Å². The van der Waals surface area contributed by atoms with Crippen molar-refractivity contribution in [1.82, 2.24) is 10.2 Å². The molecule has 9 heteroatoms. The molecule has 0 aromatic heterocycles. The van der Waals surface area contributed by atoms with Crippen LogP contribution in [0, 0.1) is 0 Å². The van der Waals surface area contributed by atoms with Gasteiger partial charge in [0.15, 0.2) is 0 Å². The van der Waals surface area contributed by atoms with Crippen LogP contribution >= 0.6 is 23.5 Å². The molecule has 0 unspecified atom stereocenters. The van der Waals surface area contributed by atoms with Crippen LogP contribution in [0.5, 0.6) is 0 Å². The molecule has 0 spiro atoms. The highest BCUT2D eigenvalue weighted by Crippen LogP contribution is 2.19. The number of carbonyl (C=O) groups is 3. The molecule has 0 aromatic rings. The van der Waals surface area contributed by atoms with E-state index in [-0.39, 0.29) is 11.8 Å². The Labute approximate surface area is 151 Å². The molecule has 138 valence electrons. The lowest BCUT2D eigenvalue weighted by molar-refractivity contribution is -0.149. The van der Waals surface area contributed by atoms with Gasteiger partial charge in [-0.1, -0.05) is 0 Å². The van der Waals surface area contributed by atoms with E-state index >= 15 is 0 Å². The van der Waals surface area contributed by atoms with Crippen LogP contribution in [0.15, 0.2) is 0 Å². The summed E-state index contributed by atoms with van der Waals surface area (Å²) in [5.41, 5.74) is 5.86. The van der Waals surface area contributed by atoms with E-state index in [0.29, 0.717) is 38.0 Å². The van der Waals surface area contributed by atoms with Gasteiger partial charge in [-0.2, -0.15) is 23.5 Å². The smallest absolute Gasteiger partial charge is 0.326 e. The molecule has 1 rings (SSSR count). The molecular formula is C15H27N3O4S2. The third kappa shape index (κ3) is 6.18. The van der Waals surface area contributed by atoms with Crippen molar-refractivity contribution in [3.05, 3.63) is 0 Å². The minimum atomic E-state index is -0.993. The lowest BCUT2D eigenvalue weighted by atomic mass is 10.1. The summed E-state index contributed by atoms with van der Waals surface area (Å²) in [5.74, 6) is -0.200. The number of thioether (sulfide) groups is 2. The first-order valence-corrected chi connectivity index (χ1v) is 10.8. The predicted molar refractivity (Wildman–Crippen MR) is 98.3 cm³/mol. The molecule has 0 radical (unpaired) electrons. The van der Waals surface area contributed by atoms with Gasteiger partial charge >= 0.3 is 5.97 Å². The number of carboxylic acids is 1. The monoisotopic (exact) mass is 377 g/mol. The van der Waals surface area contributed by atoms with E-state index in [2.05, 4.69) is 5.32 Å². The number of hydrogen-bond donors (Lipinski definition) is 3. The summed E-state index contributed by atoms with van der Waals surface area (Å²) in [4.78, 5) is 37.6. The lowest BCUT2D eigenvalue weighted by Gasteiger charge is -2.28. The van der Waals surface area contributed by atoms with Crippen molar-refractivity contribution >= 4 is 41.3 Å². The second kappa shape index (κ2) is 10.8. The summed E-state index contributed by atoms with van der Waals surface area (Å²) in [6.07, 6.45) is 5.98. The molecule has 1 saturated heterocycles. The van der Waals surface area contributed by atoms with Gasteiger partial charge in [0, 0.05) is 6.54 Å². The SMILES string of the molecule is CSCC[C@H](NC(=O)[C@@H](N)CCSC)C(=O)N1CCC[C@H]1C(=O)O. The molecule has 1 fully saturated rings. The number of amides is 2. The molecule has 7 nitrogen and oxygen atoms in total. The maximum Gasteiger partial charge on any atom is 0.326 e. The Bertz CT molecular complexity index is 450. The molecule has 4 N–H and O–H groups in total. The highest BCUT2D eigenvalue weighted by Gasteiger charge is 2.37. The van der Waals surface area contributed by atoms with E-state index in [4.69, 9.17) is 5.73 Å². The summed E-state index contributed by atoms with van der Waals surface area (Å²) >= 11 is 3.18. The normalized spacial score (nSPS) is 19.8. The Hall–Kier alpha value is -0.930. The molecule has 3 atom stereocenters. The molecule has 2 amide bonds. The maximum absolute atomic E-state index is 12.7. The van der Waals surface area contributed by atoms with Crippen molar-refractivity contribution in [3.63, 3.8) is 0 Å². The van der Waals surface area contributed by atoms with E-state index in [0.717, 1.165) is 5.75 Å². The Morgan fingerprint density at radius 1 is 1.25 bits per heavy atom. The largest absolute Gasteiger partial charge is 0.480 e. The molecule has 0 bridgehead atoms. The fourth-order valence-electron chi connectivity index (χ4n) is 2.64. The number of nitrogens with one attached hydrogen (secondary N) is 1. The van der Waals surface area contributed by atoms with Crippen molar-refractivity contribution in [1.29, 1.82) is 0 Å². The van der Waals surface area contributed by atoms with Crippen LogP contribution in [0.4, 0.5) is 0 Å². The number of likely N-dealkylation sites (tertiary alicyclic amines) is 1. The summed E-state index contributed by atoms with van der Waals surface area (Å²) in [6, 6.07) is -2.17. The van der Waals surface area contributed by atoms with Gasteiger partial charge in [0.25, 0.3) is 0 Å². The van der Waals surface area contributed by atoms with E-state index in [1.807, 2.05) is 12.5 Å². The average molecular weight is 378 g/mol. The fraction of sp³-hybridized carbons (Fsp3) is 0.800. The standard InChI is InChI=1S/C15H27N3O4S2/c1-23-8-5-10(16)13(19)17-11(6-9-24-2)14(20)18-7-3-4-12(18)15(21)22/h10-12H,3-9,16H2,1-2H3,(H,17,19)(H,21,22)/t10-,11-,12-/m0/s1. The van der Waals surface area contributed by atoms with Gasteiger partial charge in [0.2, 0.25) is 11.8 Å². The second-order valence-electron chi connectivity index (χ2n) is 5.76.